The van der Waals surface area contributed by atoms with E-state index in [-0.39, 0.29) is 18.9 Å². The Morgan fingerprint density at radius 1 is 1.36 bits per heavy atom. The largest absolute Gasteiger partial charge is 0.480 e. The van der Waals surface area contributed by atoms with E-state index in [0.717, 1.165) is 0 Å². The molecule has 0 bridgehead atoms. The predicted molar refractivity (Wildman–Crippen MR) is 99.1 cm³/mol. The van der Waals surface area contributed by atoms with Crippen molar-refractivity contribution in [2.75, 3.05) is 26.2 Å². The quantitative estimate of drug-likeness (QED) is 0.666. The first kappa shape index (κ1) is 20.8. The number of nitrogens with one attached hydrogen (secondary N) is 1. The van der Waals surface area contributed by atoms with Gasteiger partial charge in [0.05, 0.1) is 36.1 Å². The lowest BCUT2D eigenvalue weighted by Gasteiger charge is -2.51. The predicted octanol–water partition coefficient (Wildman–Crippen LogP) is 0.734. The average Bonchev–Trinajstić information content (AvgIpc) is 3.00. The second kappa shape index (κ2) is 7.81. The molecule has 0 aromatic carbocycles. The number of carboxylic acids is 1. The van der Waals surface area contributed by atoms with Crippen molar-refractivity contribution in [3.63, 3.8) is 0 Å². The third-order valence-corrected chi connectivity index (χ3v) is 5.77. The number of hydrogen-bond acceptors (Lipinski definition) is 7. The van der Waals surface area contributed by atoms with E-state index in [1.54, 1.807) is 13.8 Å². The number of aromatic nitrogens is 1. The molecule has 9 nitrogen and oxygen atoms in total. The molecule has 2 saturated heterocycles. The van der Waals surface area contributed by atoms with Crippen LogP contribution in [-0.4, -0.2) is 75.5 Å². The van der Waals surface area contributed by atoms with Crippen LogP contribution in [0.25, 0.3) is 0 Å². The fourth-order valence-corrected chi connectivity index (χ4v) is 4.13. The van der Waals surface area contributed by atoms with Crippen LogP contribution in [0.5, 0.6) is 0 Å². The first-order valence-electron chi connectivity index (χ1n) is 9.72. The van der Waals surface area contributed by atoms with Crippen molar-refractivity contribution in [1.29, 1.82) is 0 Å². The fraction of sp³-hybridized carbons (Fsp3) is 0.737. The van der Waals surface area contributed by atoms with Gasteiger partial charge >= 0.3 is 5.97 Å². The van der Waals surface area contributed by atoms with Crippen LogP contribution >= 0.6 is 0 Å². The maximum absolute atomic E-state index is 12.6. The van der Waals surface area contributed by atoms with Crippen molar-refractivity contribution >= 4 is 11.9 Å². The highest BCUT2D eigenvalue weighted by molar-refractivity contribution is 5.92. The highest BCUT2D eigenvalue weighted by Crippen LogP contribution is 2.39. The third kappa shape index (κ3) is 4.37. The van der Waals surface area contributed by atoms with Gasteiger partial charge in [-0.3, -0.25) is 14.5 Å². The molecule has 0 saturated carbocycles. The number of amides is 1. The van der Waals surface area contributed by atoms with E-state index in [9.17, 15) is 14.7 Å². The van der Waals surface area contributed by atoms with Gasteiger partial charge in [-0.2, -0.15) is 0 Å². The van der Waals surface area contributed by atoms with Crippen LogP contribution in [-0.2, 0) is 16.0 Å². The number of hydrogen-bond donors (Lipinski definition) is 3. The number of nitrogens with zero attached hydrogens (tertiary/aromatic N) is 2. The minimum Gasteiger partial charge on any atom is -0.480 e. The topological polar surface area (TPSA) is 125 Å². The SMILES string of the molecule is CCc1nc(C)c(C(=O)N[C@H]2COC3(CCN(CC(=O)O)CC3)C[C@]2(C)O)o1. The number of rotatable bonds is 5. The number of aryl methyl sites for hydroxylation is 2. The first-order valence-corrected chi connectivity index (χ1v) is 9.72. The zero-order chi connectivity index (χ0) is 20.5. The summed E-state index contributed by atoms with van der Waals surface area (Å²) in [5.74, 6) is -0.591. The zero-order valence-electron chi connectivity index (χ0n) is 16.7. The Balaban J connectivity index is 1.62. The van der Waals surface area contributed by atoms with Crippen LogP contribution in [0.4, 0.5) is 0 Å². The van der Waals surface area contributed by atoms with Gasteiger partial charge in [0.2, 0.25) is 5.76 Å². The summed E-state index contributed by atoms with van der Waals surface area (Å²) in [7, 11) is 0. The molecule has 156 valence electrons. The van der Waals surface area contributed by atoms with Crippen LogP contribution < -0.4 is 5.32 Å². The molecular weight excluding hydrogens is 366 g/mol. The van der Waals surface area contributed by atoms with E-state index in [2.05, 4.69) is 10.3 Å². The summed E-state index contributed by atoms with van der Waals surface area (Å²) < 4.78 is 11.6. The molecule has 28 heavy (non-hydrogen) atoms. The van der Waals surface area contributed by atoms with Crippen molar-refractivity contribution in [2.24, 2.45) is 0 Å². The van der Waals surface area contributed by atoms with Crippen molar-refractivity contribution in [3.05, 3.63) is 17.3 Å². The molecule has 2 aliphatic heterocycles. The molecule has 0 unspecified atom stereocenters. The van der Waals surface area contributed by atoms with Crippen LogP contribution in [0.2, 0.25) is 0 Å². The van der Waals surface area contributed by atoms with Gasteiger partial charge in [0.25, 0.3) is 5.91 Å². The lowest BCUT2D eigenvalue weighted by atomic mass is 9.75. The number of carbonyl (C=O) groups excluding carboxylic acids is 1. The number of oxazole rings is 1. The van der Waals surface area contributed by atoms with Gasteiger partial charge in [-0.15, -0.1) is 0 Å². The number of ether oxygens (including phenoxy) is 1. The number of aliphatic carboxylic acids is 1. The minimum atomic E-state index is -1.15. The lowest BCUT2D eigenvalue weighted by molar-refractivity contribution is -0.187. The van der Waals surface area contributed by atoms with Crippen LogP contribution in [0, 0.1) is 6.92 Å². The average molecular weight is 395 g/mol. The Kier molecular flexibility index (Phi) is 5.79. The summed E-state index contributed by atoms with van der Waals surface area (Å²) in [6.45, 7) is 6.73. The number of aliphatic hydroxyl groups is 1. The van der Waals surface area contributed by atoms with Gasteiger partial charge in [0.1, 0.15) is 0 Å². The van der Waals surface area contributed by atoms with Gasteiger partial charge in [-0.05, 0) is 26.7 Å². The molecule has 3 N–H and O–H groups in total. The number of likely N-dealkylation sites (tertiary alicyclic amines) is 1. The molecule has 1 spiro atoms. The van der Waals surface area contributed by atoms with Crippen LogP contribution in [0.1, 0.15) is 55.2 Å². The zero-order valence-corrected chi connectivity index (χ0v) is 16.7. The molecule has 1 aromatic heterocycles. The summed E-state index contributed by atoms with van der Waals surface area (Å²) in [5, 5.41) is 22.8. The summed E-state index contributed by atoms with van der Waals surface area (Å²) in [4.78, 5) is 29.6. The van der Waals surface area contributed by atoms with E-state index >= 15 is 0 Å². The number of carbonyl (C=O) groups is 2. The summed E-state index contributed by atoms with van der Waals surface area (Å²) in [5.41, 5.74) is -1.12. The Labute approximate surface area is 164 Å². The molecule has 3 rings (SSSR count). The third-order valence-electron chi connectivity index (χ3n) is 5.77. The van der Waals surface area contributed by atoms with E-state index in [4.69, 9.17) is 14.3 Å². The molecule has 1 aromatic rings. The van der Waals surface area contributed by atoms with Crippen molar-refractivity contribution in [1.82, 2.24) is 15.2 Å². The molecule has 2 fully saturated rings. The van der Waals surface area contributed by atoms with E-state index < -0.39 is 29.1 Å². The van der Waals surface area contributed by atoms with Crippen molar-refractivity contribution in [3.8, 4) is 0 Å². The Morgan fingerprint density at radius 2 is 2.04 bits per heavy atom. The summed E-state index contributed by atoms with van der Waals surface area (Å²) in [6.07, 6.45) is 2.28. The van der Waals surface area contributed by atoms with Gasteiger partial charge in [0.15, 0.2) is 5.89 Å². The van der Waals surface area contributed by atoms with Crippen molar-refractivity contribution < 1.29 is 29.0 Å². The Morgan fingerprint density at radius 3 is 2.57 bits per heavy atom. The van der Waals surface area contributed by atoms with Gasteiger partial charge in [-0.1, -0.05) is 6.92 Å². The fourth-order valence-electron chi connectivity index (χ4n) is 4.13. The Bertz CT molecular complexity index is 736. The minimum absolute atomic E-state index is 0.0153. The van der Waals surface area contributed by atoms with Gasteiger partial charge < -0.3 is 24.7 Å². The van der Waals surface area contributed by atoms with Crippen LogP contribution in [0.15, 0.2) is 4.42 Å². The Hall–Kier alpha value is -1.97. The highest BCUT2D eigenvalue weighted by Gasteiger charge is 2.49. The second-order valence-electron chi connectivity index (χ2n) is 8.10. The van der Waals surface area contributed by atoms with Crippen molar-refractivity contribution in [2.45, 2.75) is 63.7 Å². The molecule has 0 aliphatic carbocycles. The van der Waals surface area contributed by atoms with Crippen LogP contribution in [0.3, 0.4) is 0 Å². The number of carboxylic acid groups (broad SMARTS) is 1. The molecule has 2 atom stereocenters. The standard InChI is InChI=1S/C19H29N3O6/c1-4-14-20-12(2)16(28-14)17(25)21-13-10-27-19(11-18(13,3)26)5-7-22(8-6-19)9-15(23)24/h13,26H,4-11H2,1-3H3,(H,21,25)(H,23,24)/t13-,18-/m0/s1. The monoisotopic (exact) mass is 395 g/mol. The number of piperidine rings is 1. The smallest absolute Gasteiger partial charge is 0.317 e. The summed E-state index contributed by atoms with van der Waals surface area (Å²) >= 11 is 0. The highest BCUT2D eigenvalue weighted by atomic mass is 16.5. The van der Waals surface area contributed by atoms with E-state index in [1.807, 2.05) is 11.8 Å². The molecule has 3 heterocycles. The van der Waals surface area contributed by atoms with Gasteiger partial charge in [0, 0.05) is 25.9 Å². The molecule has 2 aliphatic rings. The first-order chi connectivity index (χ1) is 13.1. The normalized spacial score (nSPS) is 27.6. The van der Waals surface area contributed by atoms with E-state index in [0.29, 0.717) is 50.4 Å². The second-order valence-corrected chi connectivity index (χ2v) is 8.10. The molecule has 0 radical (unpaired) electrons. The molecule has 1 amide bonds. The maximum Gasteiger partial charge on any atom is 0.317 e. The molecule has 9 heteroatoms. The van der Waals surface area contributed by atoms with Gasteiger partial charge in [-0.25, -0.2) is 4.98 Å². The van der Waals surface area contributed by atoms with E-state index in [1.165, 1.54) is 0 Å². The summed E-state index contributed by atoms with van der Waals surface area (Å²) in [6, 6.07) is -0.572. The maximum atomic E-state index is 12.6. The molecular formula is C19H29N3O6. The lowest BCUT2D eigenvalue weighted by Crippen LogP contribution is -2.64.